The second-order valence-corrected chi connectivity index (χ2v) is 27.0. The number of likely N-dealkylation sites (N-methyl/N-ethyl adjacent to an activating group) is 3. The first kappa shape index (κ1) is 86.0. The van der Waals surface area contributed by atoms with Gasteiger partial charge in [0.2, 0.25) is 0 Å². The standard InChI is InChI=1S/C84H96N16O15/c1-7-113-82(110)61-19-28-70(94-49-61)67-25-16-58(46-91-67)76(104)85-31-10-34-88-79(107)64-22-13-55(43-73(64)101)52-97(4)37-40-100(41-38-98(5)53-56-14-23-65(74(102)44-56)80(108)89-35-11-32-86-77(105)59-17-26-68(92-47-59)71-29-20-62(50-95-71)83(111)114-8-2)42-39-99(6)54-57-15-24-66(75(103)45-57)81(109)90-36-12-33-87-78(106)60-18-27-69(93-48-60)72-30-21-63(51-96-72)84(112)115-9-3/h13-30,43-51,101-103H,7-12,31-42,52-54H2,1-6H3,(H,85,104)(H,86,105)(H,87,106)(H,88,107)(H,89,108)(H,90,109). The van der Waals surface area contributed by atoms with Crippen molar-refractivity contribution in [2.45, 2.75) is 59.7 Å². The van der Waals surface area contributed by atoms with Gasteiger partial charge in [0.25, 0.3) is 35.4 Å². The first-order valence-electron chi connectivity index (χ1n) is 37.8. The van der Waals surface area contributed by atoms with Crippen LogP contribution in [0, 0.1) is 0 Å². The lowest BCUT2D eigenvalue weighted by atomic mass is 10.1. The summed E-state index contributed by atoms with van der Waals surface area (Å²) in [4.78, 5) is 149. The summed E-state index contributed by atoms with van der Waals surface area (Å²) in [5.41, 5.74) is 7.68. The van der Waals surface area contributed by atoms with Crippen molar-refractivity contribution in [3.63, 3.8) is 0 Å². The molecule has 9 rings (SSSR count). The fourth-order valence-electron chi connectivity index (χ4n) is 11.8. The summed E-state index contributed by atoms with van der Waals surface area (Å²) in [6, 6.07) is 34.4. The van der Waals surface area contributed by atoms with Gasteiger partial charge < -0.3 is 76.1 Å². The van der Waals surface area contributed by atoms with Gasteiger partial charge in [0.15, 0.2) is 0 Å². The third-order valence-electron chi connectivity index (χ3n) is 18.1. The maximum atomic E-state index is 13.2. The summed E-state index contributed by atoms with van der Waals surface area (Å²) in [5, 5.41) is 50.2. The Morgan fingerprint density at radius 3 is 0.739 bits per heavy atom. The van der Waals surface area contributed by atoms with Gasteiger partial charge in [-0.15, -0.1) is 0 Å². The summed E-state index contributed by atoms with van der Waals surface area (Å²) in [7, 11) is 5.90. The van der Waals surface area contributed by atoms with Crippen molar-refractivity contribution in [2.24, 2.45) is 0 Å². The summed E-state index contributed by atoms with van der Waals surface area (Å²) in [6.07, 6.45) is 9.75. The Bertz CT molecular complexity index is 4310. The highest BCUT2D eigenvalue weighted by molar-refractivity contribution is 5.99. The minimum Gasteiger partial charge on any atom is -0.507 e. The molecular formula is C84H96N16O15. The Morgan fingerprint density at radius 1 is 0.304 bits per heavy atom. The number of phenols is 3. The van der Waals surface area contributed by atoms with Crippen LogP contribution >= 0.6 is 0 Å². The number of carbonyl (C=O) groups excluding carboxylic acids is 9. The number of amides is 6. The lowest BCUT2D eigenvalue weighted by Gasteiger charge is -2.29. The number of nitrogens with one attached hydrogen (secondary N) is 6. The Morgan fingerprint density at radius 2 is 0.530 bits per heavy atom. The number of nitrogens with zero attached hydrogens (tertiary/aromatic N) is 10. The zero-order valence-corrected chi connectivity index (χ0v) is 65.2. The molecule has 0 saturated carbocycles. The average Bonchev–Trinajstić information content (AvgIpc) is 0.890. The number of aromatic nitrogens is 6. The molecule has 3 aromatic carbocycles. The predicted octanol–water partition coefficient (Wildman–Crippen LogP) is 7.35. The molecule has 9 N–H and O–H groups in total. The molecule has 0 unspecified atom stereocenters. The highest BCUT2D eigenvalue weighted by Gasteiger charge is 2.21. The molecule has 0 fully saturated rings. The van der Waals surface area contributed by atoms with Crippen molar-refractivity contribution in [2.75, 3.05) is 120 Å². The number of rotatable bonds is 42. The number of pyridine rings is 6. The number of ether oxygens (including phenoxy) is 3. The minimum atomic E-state index is -0.474. The number of carbonyl (C=O) groups is 9. The van der Waals surface area contributed by atoms with E-state index in [1.807, 2.05) is 21.1 Å². The summed E-state index contributed by atoms with van der Waals surface area (Å²) in [5.74, 6) is -4.42. The molecule has 115 heavy (non-hydrogen) atoms. The van der Waals surface area contributed by atoms with Crippen LogP contribution < -0.4 is 31.9 Å². The van der Waals surface area contributed by atoms with E-state index in [1.54, 1.807) is 148 Å². The van der Waals surface area contributed by atoms with Gasteiger partial charge in [0.1, 0.15) is 17.2 Å². The van der Waals surface area contributed by atoms with Crippen molar-refractivity contribution in [1.29, 1.82) is 0 Å². The summed E-state index contributed by atoms with van der Waals surface area (Å²) < 4.78 is 15.0. The smallest absolute Gasteiger partial charge is 0.339 e. The van der Waals surface area contributed by atoms with Gasteiger partial charge in [-0.2, -0.15) is 0 Å². The molecule has 0 aliphatic heterocycles. The van der Waals surface area contributed by atoms with Gasteiger partial charge in [-0.05, 0) is 187 Å². The molecule has 6 aromatic heterocycles. The Hall–Kier alpha value is -13.0. The second-order valence-electron chi connectivity index (χ2n) is 27.0. The molecule has 0 radical (unpaired) electrons. The van der Waals surface area contributed by atoms with Crippen LogP contribution in [0.2, 0.25) is 0 Å². The quantitative estimate of drug-likeness (QED) is 0.0102. The van der Waals surface area contributed by atoms with E-state index >= 15 is 0 Å². The number of hydrogen-bond donors (Lipinski definition) is 9. The molecule has 0 aliphatic rings. The van der Waals surface area contributed by atoms with Crippen LogP contribution in [0.25, 0.3) is 34.2 Å². The topological polar surface area (TPSA) is 404 Å². The van der Waals surface area contributed by atoms with Gasteiger partial charge in [-0.3, -0.25) is 63.6 Å². The molecule has 0 aliphatic carbocycles. The van der Waals surface area contributed by atoms with E-state index in [-0.39, 0.29) is 111 Å². The molecule has 31 nitrogen and oxygen atoms in total. The molecule has 31 heteroatoms. The maximum Gasteiger partial charge on any atom is 0.339 e. The van der Waals surface area contributed by atoms with Crippen molar-refractivity contribution < 1.29 is 72.7 Å². The van der Waals surface area contributed by atoms with Crippen molar-refractivity contribution in [3.05, 3.63) is 231 Å². The first-order valence-corrected chi connectivity index (χ1v) is 37.8. The second kappa shape index (κ2) is 43.7. The normalized spacial score (nSPS) is 11.1. The van der Waals surface area contributed by atoms with Crippen molar-refractivity contribution >= 4 is 53.4 Å². The lowest BCUT2D eigenvalue weighted by molar-refractivity contribution is 0.0516. The molecule has 602 valence electrons. The molecule has 0 atom stereocenters. The number of phenolic OH excluding ortho intramolecular Hbond substituents is 3. The van der Waals surface area contributed by atoms with Crippen LogP contribution in [0.5, 0.6) is 17.2 Å². The van der Waals surface area contributed by atoms with E-state index in [2.05, 4.69) is 81.4 Å². The minimum absolute atomic E-state index is 0.104. The lowest BCUT2D eigenvalue weighted by Crippen LogP contribution is -2.41. The van der Waals surface area contributed by atoms with E-state index in [0.717, 1.165) is 16.7 Å². The highest BCUT2D eigenvalue weighted by atomic mass is 16.5. The molecular weight excluding hydrogens is 1470 g/mol. The molecule has 6 heterocycles. The van der Waals surface area contributed by atoms with Gasteiger partial charge in [0.05, 0.1) is 104 Å². The van der Waals surface area contributed by atoms with Crippen LogP contribution in [-0.4, -0.2) is 238 Å². The van der Waals surface area contributed by atoms with Gasteiger partial charge in [-0.25, -0.2) is 14.4 Å². The van der Waals surface area contributed by atoms with E-state index < -0.39 is 35.6 Å². The van der Waals surface area contributed by atoms with Gasteiger partial charge in [0, 0.05) is 135 Å². The Kier molecular flexibility index (Phi) is 32.7. The number of hydrogen-bond acceptors (Lipinski definition) is 25. The van der Waals surface area contributed by atoms with Crippen LogP contribution in [0.1, 0.15) is 150 Å². The van der Waals surface area contributed by atoms with E-state index in [4.69, 9.17) is 14.2 Å². The third-order valence-corrected chi connectivity index (χ3v) is 18.1. The maximum absolute atomic E-state index is 13.2. The van der Waals surface area contributed by atoms with Crippen molar-refractivity contribution in [3.8, 4) is 51.4 Å². The molecule has 0 saturated heterocycles. The monoisotopic (exact) mass is 1570 g/mol. The van der Waals surface area contributed by atoms with E-state index in [1.165, 1.54) is 37.2 Å². The molecule has 9 aromatic rings. The molecule has 0 spiro atoms. The van der Waals surface area contributed by atoms with E-state index in [0.29, 0.717) is 146 Å². The Balaban J connectivity index is 0.723. The first-order chi connectivity index (χ1) is 55.6. The van der Waals surface area contributed by atoms with E-state index in [9.17, 15) is 58.5 Å². The van der Waals surface area contributed by atoms with Crippen LogP contribution in [0.4, 0.5) is 0 Å². The summed E-state index contributed by atoms with van der Waals surface area (Å²) >= 11 is 0. The number of aromatic hydroxyl groups is 3. The Labute approximate surface area is 666 Å². The molecule has 0 bridgehead atoms. The SMILES string of the molecule is CCOC(=O)c1ccc(-c2ccc(C(=O)NCCCNC(=O)c3ccc(CN(C)CCN(CCN(C)Cc4ccc(C(=O)NCCCNC(=O)c5ccc(-c6ccc(C(=O)OCC)cn6)nc5)c(O)c4)CCN(C)Cc4ccc(C(=O)NCCCNC(=O)c5ccc(-c6ccc(C(=O)OCC)cn6)nc5)c(O)c4)cc3O)cn2)nc1. The third kappa shape index (κ3) is 26.3. The largest absolute Gasteiger partial charge is 0.507 e. The molecule has 6 amide bonds. The number of benzene rings is 3. The van der Waals surface area contributed by atoms with Crippen LogP contribution in [0.3, 0.4) is 0 Å². The predicted molar refractivity (Wildman–Crippen MR) is 428 cm³/mol. The average molecular weight is 1570 g/mol. The van der Waals surface area contributed by atoms with Gasteiger partial charge in [-0.1, -0.05) is 18.2 Å². The number of esters is 3. The zero-order valence-electron chi connectivity index (χ0n) is 65.2. The fraction of sp³-hybridized carbons (Fsp3) is 0.321. The zero-order chi connectivity index (χ0) is 82.2. The van der Waals surface area contributed by atoms with Crippen molar-refractivity contribution in [1.82, 2.24) is 81.4 Å². The summed E-state index contributed by atoms with van der Waals surface area (Å²) in [6.45, 7) is 12.5. The van der Waals surface area contributed by atoms with Crippen LogP contribution in [0.15, 0.2) is 165 Å². The van der Waals surface area contributed by atoms with Gasteiger partial charge >= 0.3 is 17.9 Å². The van der Waals surface area contributed by atoms with Crippen LogP contribution in [-0.2, 0) is 33.8 Å². The highest BCUT2D eigenvalue weighted by Crippen LogP contribution is 2.25. The fourth-order valence-corrected chi connectivity index (χ4v) is 11.8.